The summed E-state index contributed by atoms with van der Waals surface area (Å²) >= 11 is 0. The van der Waals surface area contributed by atoms with Gasteiger partial charge in [0.1, 0.15) is 0 Å². The summed E-state index contributed by atoms with van der Waals surface area (Å²) in [6.07, 6.45) is 5.54. The van der Waals surface area contributed by atoms with Crippen LogP contribution >= 0.6 is 0 Å². The lowest BCUT2D eigenvalue weighted by atomic mass is 10.1. The minimum absolute atomic E-state index is 0.0150. The third-order valence-electron chi connectivity index (χ3n) is 3.07. The molecule has 2 rings (SSSR count). The van der Waals surface area contributed by atoms with Gasteiger partial charge in [0.25, 0.3) is 0 Å². The first-order valence-corrected chi connectivity index (χ1v) is 5.74. The molecule has 1 aromatic rings. The van der Waals surface area contributed by atoms with Crippen LogP contribution in [0.2, 0.25) is 0 Å². The largest absolute Gasteiger partial charge is 0.329 e. The average Bonchev–Trinajstić information content (AvgIpc) is 2.68. The molecule has 0 spiro atoms. The van der Waals surface area contributed by atoms with Crippen molar-refractivity contribution in [3.63, 3.8) is 0 Å². The lowest BCUT2D eigenvalue weighted by molar-refractivity contribution is 0.257. The summed E-state index contributed by atoms with van der Waals surface area (Å²) in [6.45, 7) is 4.56. The Morgan fingerprint density at radius 1 is 1.53 bits per heavy atom. The molecule has 15 heavy (non-hydrogen) atoms. The Morgan fingerprint density at radius 3 is 3.07 bits per heavy atom. The van der Waals surface area contributed by atoms with Crippen LogP contribution in [0.5, 0.6) is 0 Å². The minimum atomic E-state index is -0.0150. The Morgan fingerprint density at radius 2 is 2.40 bits per heavy atom. The van der Waals surface area contributed by atoms with Crippen molar-refractivity contribution in [3.05, 3.63) is 34.2 Å². The van der Waals surface area contributed by atoms with E-state index in [1.54, 1.807) is 6.07 Å². The summed E-state index contributed by atoms with van der Waals surface area (Å²) in [5.74, 6) is 0. The van der Waals surface area contributed by atoms with Crippen LogP contribution in [-0.2, 0) is 0 Å². The highest BCUT2D eigenvalue weighted by atomic mass is 16.1. The first-order valence-electron chi connectivity index (χ1n) is 5.74. The monoisotopic (exact) mass is 206 g/mol. The molecule has 82 valence electrons. The molecule has 0 saturated carbocycles. The number of hydrogen-bond donors (Lipinski definition) is 1. The lowest BCUT2D eigenvalue weighted by Crippen LogP contribution is -2.24. The minimum Gasteiger partial charge on any atom is -0.329 e. The molecule has 1 atom stereocenters. The molecule has 0 radical (unpaired) electrons. The summed E-state index contributed by atoms with van der Waals surface area (Å²) in [6, 6.07) is 4.09. The van der Waals surface area contributed by atoms with Crippen molar-refractivity contribution < 1.29 is 0 Å². The summed E-state index contributed by atoms with van der Waals surface area (Å²) < 4.78 is 0. The summed E-state index contributed by atoms with van der Waals surface area (Å²) in [7, 11) is 0. The number of aromatic amines is 1. The van der Waals surface area contributed by atoms with Crippen LogP contribution < -0.4 is 5.56 Å². The Hall–Kier alpha value is -1.09. The van der Waals surface area contributed by atoms with E-state index in [1.807, 2.05) is 12.3 Å². The van der Waals surface area contributed by atoms with Crippen LogP contribution in [0.15, 0.2) is 23.1 Å². The normalized spacial score (nSPS) is 22.1. The van der Waals surface area contributed by atoms with Gasteiger partial charge in [0, 0.05) is 18.3 Å². The predicted octanol–water partition coefficient (Wildman–Crippen LogP) is 1.92. The van der Waals surface area contributed by atoms with Gasteiger partial charge in [-0.05, 0) is 37.9 Å². The van der Waals surface area contributed by atoms with Crippen LogP contribution in [0.3, 0.4) is 0 Å². The highest BCUT2D eigenvalue weighted by Gasteiger charge is 2.24. The van der Waals surface area contributed by atoms with Crippen molar-refractivity contribution in [2.24, 2.45) is 0 Å². The van der Waals surface area contributed by atoms with E-state index >= 15 is 0 Å². The fraction of sp³-hybridized carbons (Fsp3) is 0.583. The molecule has 1 saturated heterocycles. The molecule has 3 nitrogen and oxygen atoms in total. The second-order valence-electron chi connectivity index (χ2n) is 4.18. The van der Waals surface area contributed by atoms with Gasteiger partial charge >= 0.3 is 0 Å². The van der Waals surface area contributed by atoms with Crippen LogP contribution in [0.4, 0.5) is 0 Å². The zero-order valence-corrected chi connectivity index (χ0v) is 9.20. The zero-order chi connectivity index (χ0) is 10.7. The molecule has 1 fully saturated rings. The summed E-state index contributed by atoms with van der Waals surface area (Å²) in [5.41, 5.74) is 1.24. The number of hydrogen-bond acceptors (Lipinski definition) is 2. The van der Waals surface area contributed by atoms with Crippen LogP contribution in [0.25, 0.3) is 0 Å². The zero-order valence-electron chi connectivity index (χ0n) is 9.20. The Bertz CT molecular complexity index is 352. The van der Waals surface area contributed by atoms with Crippen molar-refractivity contribution >= 4 is 0 Å². The Balaban J connectivity index is 2.15. The molecule has 0 bridgehead atoms. The predicted molar refractivity (Wildman–Crippen MR) is 60.9 cm³/mol. The number of rotatable bonds is 3. The number of aromatic nitrogens is 1. The van der Waals surface area contributed by atoms with Gasteiger partial charge in [0.15, 0.2) is 0 Å². The molecule has 2 heterocycles. The molecule has 0 amide bonds. The van der Waals surface area contributed by atoms with Crippen molar-refractivity contribution in [2.75, 3.05) is 13.1 Å². The maximum absolute atomic E-state index is 11.0. The standard InChI is InChI=1S/C12H18N2O/c1-2-7-14-8-3-4-11(14)10-5-6-12(15)13-9-10/h5-6,9,11H,2-4,7-8H2,1H3,(H,13,15)/t11-/m1/s1. The van der Waals surface area contributed by atoms with Gasteiger partial charge in [-0.1, -0.05) is 13.0 Å². The first kappa shape index (κ1) is 10.4. The third kappa shape index (κ3) is 2.29. The molecular formula is C12H18N2O. The fourth-order valence-electron chi connectivity index (χ4n) is 2.39. The second-order valence-corrected chi connectivity index (χ2v) is 4.18. The Labute approximate surface area is 90.1 Å². The highest BCUT2D eigenvalue weighted by molar-refractivity contribution is 5.15. The maximum atomic E-state index is 11.0. The molecule has 1 N–H and O–H groups in total. The molecule has 0 aromatic carbocycles. The first-order chi connectivity index (χ1) is 7.31. The van der Waals surface area contributed by atoms with E-state index < -0.39 is 0 Å². The average molecular weight is 206 g/mol. The molecule has 1 aliphatic heterocycles. The fourth-order valence-corrected chi connectivity index (χ4v) is 2.39. The van der Waals surface area contributed by atoms with E-state index in [0.29, 0.717) is 6.04 Å². The summed E-state index contributed by atoms with van der Waals surface area (Å²) in [4.78, 5) is 16.2. The molecule has 1 aromatic heterocycles. The van der Waals surface area contributed by atoms with E-state index in [4.69, 9.17) is 0 Å². The van der Waals surface area contributed by atoms with Crippen LogP contribution in [0, 0.1) is 0 Å². The van der Waals surface area contributed by atoms with Crippen molar-refractivity contribution in [2.45, 2.75) is 32.2 Å². The van der Waals surface area contributed by atoms with Gasteiger partial charge in [0.2, 0.25) is 5.56 Å². The van der Waals surface area contributed by atoms with Gasteiger partial charge in [-0.3, -0.25) is 9.69 Å². The van der Waals surface area contributed by atoms with Gasteiger partial charge in [0.05, 0.1) is 0 Å². The quantitative estimate of drug-likeness (QED) is 0.820. The number of nitrogens with zero attached hydrogens (tertiary/aromatic N) is 1. The van der Waals surface area contributed by atoms with Gasteiger partial charge in [-0.2, -0.15) is 0 Å². The maximum Gasteiger partial charge on any atom is 0.247 e. The number of likely N-dealkylation sites (tertiary alicyclic amines) is 1. The topological polar surface area (TPSA) is 36.1 Å². The van der Waals surface area contributed by atoms with Crippen molar-refractivity contribution in [1.82, 2.24) is 9.88 Å². The van der Waals surface area contributed by atoms with E-state index in [-0.39, 0.29) is 5.56 Å². The smallest absolute Gasteiger partial charge is 0.247 e. The van der Waals surface area contributed by atoms with E-state index in [9.17, 15) is 4.79 Å². The van der Waals surface area contributed by atoms with Crippen LogP contribution in [0.1, 0.15) is 37.8 Å². The van der Waals surface area contributed by atoms with Crippen molar-refractivity contribution in [1.29, 1.82) is 0 Å². The SMILES string of the molecule is CCCN1CCC[C@@H]1c1ccc(=O)[nH]c1. The van der Waals surface area contributed by atoms with Crippen LogP contribution in [-0.4, -0.2) is 23.0 Å². The Kier molecular flexibility index (Phi) is 3.21. The molecule has 0 aliphatic carbocycles. The van der Waals surface area contributed by atoms with Gasteiger partial charge in [-0.25, -0.2) is 0 Å². The number of nitrogens with one attached hydrogen (secondary N) is 1. The van der Waals surface area contributed by atoms with Gasteiger partial charge < -0.3 is 4.98 Å². The van der Waals surface area contributed by atoms with E-state index in [2.05, 4.69) is 16.8 Å². The lowest BCUT2D eigenvalue weighted by Gasteiger charge is -2.23. The van der Waals surface area contributed by atoms with Gasteiger partial charge in [-0.15, -0.1) is 0 Å². The molecule has 0 unspecified atom stereocenters. The summed E-state index contributed by atoms with van der Waals surface area (Å²) in [5, 5.41) is 0. The number of H-pyrrole nitrogens is 1. The van der Waals surface area contributed by atoms with E-state index in [0.717, 1.165) is 6.54 Å². The second kappa shape index (κ2) is 4.62. The van der Waals surface area contributed by atoms with E-state index in [1.165, 1.54) is 31.4 Å². The molecular weight excluding hydrogens is 188 g/mol. The number of pyridine rings is 1. The molecule has 3 heteroatoms. The van der Waals surface area contributed by atoms with Crippen molar-refractivity contribution in [3.8, 4) is 0 Å². The molecule has 1 aliphatic rings. The third-order valence-corrected chi connectivity index (χ3v) is 3.07. The highest BCUT2D eigenvalue weighted by Crippen LogP contribution is 2.30.